The zero-order valence-electron chi connectivity index (χ0n) is 12.6. The first-order valence-corrected chi connectivity index (χ1v) is 9.43. The molecular formula is C17H22Br2O2. The van der Waals surface area contributed by atoms with Crippen molar-refractivity contribution in [1.82, 2.24) is 0 Å². The summed E-state index contributed by atoms with van der Waals surface area (Å²) in [5.41, 5.74) is 1.66. The van der Waals surface area contributed by atoms with Crippen LogP contribution in [0.25, 0.3) is 0 Å². The Morgan fingerprint density at radius 3 is 2.43 bits per heavy atom. The number of hydrogen-bond donors (Lipinski definition) is 0. The van der Waals surface area contributed by atoms with E-state index >= 15 is 0 Å². The van der Waals surface area contributed by atoms with E-state index in [4.69, 9.17) is 9.47 Å². The standard InChI is InChI=1S/C17H22Br2O2/c1-17(2)6-3-5-12(17)16(19)11-9-14-15(10-13(11)18)21-8-4-7-20-14/h9-10,12,16H,3-8H2,1-2H3. The number of halogens is 2. The Bertz CT molecular complexity index is 528. The van der Waals surface area contributed by atoms with Gasteiger partial charge in [0.15, 0.2) is 11.5 Å². The molecule has 2 atom stereocenters. The van der Waals surface area contributed by atoms with E-state index in [1.54, 1.807) is 0 Å². The van der Waals surface area contributed by atoms with Gasteiger partial charge in [-0.1, -0.05) is 52.1 Å². The van der Waals surface area contributed by atoms with Crippen molar-refractivity contribution in [3.63, 3.8) is 0 Å². The van der Waals surface area contributed by atoms with Crippen LogP contribution in [0.1, 0.15) is 49.9 Å². The normalized spacial score (nSPS) is 25.4. The summed E-state index contributed by atoms with van der Waals surface area (Å²) in [4.78, 5) is 0.349. The number of hydrogen-bond acceptors (Lipinski definition) is 2. The Kier molecular flexibility index (Phi) is 4.56. The monoisotopic (exact) mass is 416 g/mol. The van der Waals surface area contributed by atoms with Crippen LogP contribution in [-0.2, 0) is 0 Å². The largest absolute Gasteiger partial charge is 0.490 e. The molecule has 0 bridgehead atoms. The van der Waals surface area contributed by atoms with Crippen LogP contribution in [0, 0.1) is 11.3 Å². The molecule has 3 rings (SSSR count). The second-order valence-electron chi connectivity index (χ2n) is 6.76. The molecule has 2 unspecified atom stereocenters. The summed E-state index contributed by atoms with van der Waals surface area (Å²) < 4.78 is 12.7. The summed E-state index contributed by atoms with van der Waals surface area (Å²) in [5.74, 6) is 2.39. The molecule has 0 N–H and O–H groups in total. The average Bonchev–Trinajstić information content (AvgIpc) is 2.65. The van der Waals surface area contributed by atoms with E-state index in [0.29, 0.717) is 16.2 Å². The molecule has 4 heteroatoms. The molecule has 2 aliphatic rings. The highest BCUT2D eigenvalue weighted by molar-refractivity contribution is 9.11. The van der Waals surface area contributed by atoms with Crippen LogP contribution in [0.5, 0.6) is 11.5 Å². The number of benzene rings is 1. The van der Waals surface area contributed by atoms with Crippen LogP contribution in [0.15, 0.2) is 16.6 Å². The Labute approximate surface area is 143 Å². The average molecular weight is 418 g/mol. The van der Waals surface area contributed by atoms with Crippen molar-refractivity contribution in [1.29, 1.82) is 0 Å². The predicted octanol–water partition coefficient (Wildman–Crippen LogP) is 5.87. The van der Waals surface area contributed by atoms with Gasteiger partial charge in [0.25, 0.3) is 0 Å². The summed E-state index contributed by atoms with van der Waals surface area (Å²) >= 11 is 7.68. The highest BCUT2D eigenvalue weighted by Gasteiger charge is 2.40. The third-order valence-electron chi connectivity index (χ3n) is 4.86. The van der Waals surface area contributed by atoms with Crippen molar-refractivity contribution < 1.29 is 9.47 Å². The van der Waals surface area contributed by atoms with Crippen molar-refractivity contribution in [2.75, 3.05) is 13.2 Å². The van der Waals surface area contributed by atoms with Gasteiger partial charge in [0.1, 0.15) is 0 Å². The van der Waals surface area contributed by atoms with Crippen LogP contribution in [0.2, 0.25) is 0 Å². The maximum Gasteiger partial charge on any atom is 0.162 e. The van der Waals surface area contributed by atoms with E-state index in [9.17, 15) is 0 Å². The first-order valence-electron chi connectivity index (χ1n) is 7.72. The summed E-state index contributed by atoms with van der Waals surface area (Å²) in [6, 6.07) is 4.21. The van der Waals surface area contributed by atoms with Crippen LogP contribution < -0.4 is 9.47 Å². The molecule has 0 radical (unpaired) electrons. The number of rotatable bonds is 2. The summed E-state index contributed by atoms with van der Waals surface area (Å²) in [7, 11) is 0. The van der Waals surface area contributed by atoms with Gasteiger partial charge in [-0.15, -0.1) is 0 Å². The maximum absolute atomic E-state index is 5.84. The van der Waals surface area contributed by atoms with Crippen molar-refractivity contribution in [3.8, 4) is 11.5 Å². The van der Waals surface area contributed by atoms with Crippen molar-refractivity contribution >= 4 is 31.9 Å². The zero-order valence-corrected chi connectivity index (χ0v) is 15.8. The summed E-state index contributed by atoms with van der Waals surface area (Å²) in [6.45, 7) is 6.23. The van der Waals surface area contributed by atoms with E-state index < -0.39 is 0 Å². The fraction of sp³-hybridized carbons (Fsp3) is 0.647. The van der Waals surface area contributed by atoms with Crippen LogP contribution in [0.3, 0.4) is 0 Å². The first-order chi connectivity index (χ1) is 9.99. The Morgan fingerprint density at radius 2 is 1.81 bits per heavy atom. The predicted molar refractivity (Wildman–Crippen MR) is 92.5 cm³/mol. The van der Waals surface area contributed by atoms with Crippen molar-refractivity contribution in [2.24, 2.45) is 11.3 Å². The molecule has 0 amide bonds. The van der Waals surface area contributed by atoms with Crippen molar-refractivity contribution in [2.45, 2.75) is 44.4 Å². The van der Waals surface area contributed by atoms with Crippen LogP contribution >= 0.6 is 31.9 Å². The molecule has 0 saturated heterocycles. The minimum absolute atomic E-state index is 0.349. The van der Waals surface area contributed by atoms with Gasteiger partial charge in [-0.25, -0.2) is 0 Å². The lowest BCUT2D eigenvalue weighted by Gasteiger charge is -2.32. The van der Waals surface area contributed by atoms with Gasteiger partial charge in [0.2, 0.25) is 0 Å². The topological polar surface area (TPSA) is 18.5 Å². The lowest BCUT2D eigenvalue weighted by molar-refractivity contribution is 0.256. The van der Waals surface area contributed by atoms with Crippen LogP contribution in [-0.4, -0.2) is 13.2 Å². The quantitative estimate of drug-likeness (QED) is 0.560. The third kappa shape index (κ3) is 3.12. The molecule has 1 aliphatic carbocycles. The third-order valence-corrected chi connectivity index (χ3v) is 6.68. The molecule has 1 heterocycles. The zero-order chi connectivity index (χ0) is 15.0. The van der Waals surface area contributed by atoms with Crippen molar-refractivity contribution in [3.05, 3.63) is 22.2 Å². The second-order valence-corrected chi connectivity index (χ2v) is 8.60. The molecule has 0 aromatic heterocycles. The molecule has 2 nitrogen and oxygen atoms in total. The second kappa shape index (κ2) is 6.11. The number of alkyl halides is 1. The molecule has 1 fully saturated rings. The van der Waals surface area contributed by atoms with Gasteiger partial charge in [-0.2, -0.15) is 0 Å². The molecule has 1 aromatic rings. The minimum atomic E-state index is 0.349. The Hall–Kier alpha value is -0.220. The number of fused-ring (bicyclic) bond motifs is 1. The molecular weight excluding hydrogens is 396 g/mol. The maximum atomic E-state index is 5.84. The van der Waals surface area contributed by atoms with Crippen LogP contribution in [0.4, 0.5) is 0 Å². The Morgan fingerprint density at radius 1 is 1.14 bits per heavy atom. The van der Waals surface area contributed by atoms with E-state index in [2.05, 4.69) is 57.8 Å². The molecule has 21 heavy (non-hydrogen) atoms. The van der Waals surface area contributed by atoms with E-state index in [1.165, 1.54) is 24.8 Å². The van der Waals surface area contributed by atoms with E-state index in [1.807, 2.05) is 0 Å². The minimum Gasteiger partial charge on any atom is -0.490 e. The first kappa shape index (κ1) is 15.7. The fourth-order valence-corrected chi connectivity index (χ4v) is 5.76. The van der Waals surface area contributed by atoms with Gasteiger partial charge in [-0.05, 0) is 41.9 Å². The Balaban J connectivity index is 1.93. The fourth-order valence-electron chi connectivity index (χ4n) is 3.52. The van der Waals surface area contributed by atoms with Gasteiger partial charge in [0, 0.05) is 15.7 Å². The SMILES string of the molecule is CC1(C)CCCC1C(Br)c1cc2c(cc1Br)OCCCO2. The highest BCUT2D eigenvalue weighted by atomic mass is 79.9. The highest BCUT2D eigenvalue weighted by Crippen LogP contribution is 2.53. The molecule has 1 aliphatic heterocycles. The summed E-state index contributed by atoms with van der Waals surface area (Å²) in [5, 5.41) is 0. The lowest BCUT2D eigenvalue weighted by Crippen LogP contribution is -2.21. The van der Waals surface area contributed by atoms with Gasteiger partial charge in [0.05, 0.1) is 13.2 Å². The van der Waals surface area contributed by atoms with E-state index in [-0.39, 0.29) is 0 Å². The molecule has 0 spiro atoms. The summed E-state index contributed by atoms with van der Waals surface area (Å²) in [6.07, 6.45) is 4.85. The molecule has 1 saturated carbocycles. The van der Waals surface area contributed by atoms with Gasteiger partial charge < -0.3 is 9.47 Å². The van der Waals surface area contributed by atoms with Gasteiger partial charge >= 0.3 is 0 Å². The molecule has 1 aromatic carbocycles. The van der Waals surface area contributed by atoms with E-state index in [0.717, 1.165) is 35.6 Å². The lowest BCUT2D eigenvalue weighted by atomic mass is 9.78. The number of ether oxygens (including phenoxy) is 2. The smallest absolute Gasteiger partial charge is 0.162 e. The van der Waals surface area contributed by atoms with Gasteiger partial charge in [-0.3, -0.25) is 0 Å². The molecule has 116 valence electrons.